The van der Waals surface area contributed by atoms with Crippen LogP contribution in [0.3, 0.4) is 0 Å². The van der Waals surface area contributed by atoms with Gasteiger partial charge in [0.05, 0.1) is 11.7 Å². The highest BCUT2D eigenvalue weighted by Crippen LogP contribution is 2.31. The molecule has 232 valence electrons. The summed E-state index contributed by atoms with van der Waals surface area (Å²) < 4.78 is 52.0. The minimum atomic E-state index is -4.75. The Bertz CT molecular complexity index is 1510. The molecular weight excluding hydrogens is 573 g/mol. The van der Waals surface area contributed by atoms with Crippen LogP contribution in [0.1, 0.15) is 68.6 Å². The SMILES string of the molecule is CC(C)(C)OC(=O)N(CC(F)(F)F)c1cc(-c2nc(C(=O)Nc3cn(C4CN(C(C)(C)C)C4)nc3C(N)=O)co2)ccn1. The number of nitrogens with zero attached hydrogens (tertiary/aromatic N) is 6. The molecule has 1 aliphatic rings. The number of hydrogen-bond donors (Lipinski definition) is 2. The highest BCUT2D eigenvalue weighted by atomic mass is 19.4. The van der Waals surface area contributed by atoms with Gasteiger partial charge in [-0.25, -0.2) is 14.8 Å². The molecule has 1 fully saturated rings. The van der Waals surface area contributed by atoms with E-state index in [0.29, 0.717) is 18.0 Å². The lowest BCUT2D eigenvalue weighted by molar-refractivity contribution is -0.119. The summed E-state index contributed by atoms with van der Waals surface area (Å²) in [5, 5.41) is 6.83. The minimum absolute atomic E-state index is 0.0138. The van der Waals surface area contributed by atoms with Gasteiger partial charge in [0, 0.05) is 36.6 Å². The highest BCUT2D eigenvalue weighted by molar-refractivity contribution is 6.07. The van der Waals surface area contributed by atoms with E-state index in [-0.39, 0.29) is 45.9 Å². The molecule has 13 nitrogen and oxygen atoms in total. The van der Waals surface area contributed by atoms with Gasteiger partial charge < -0.3 is 20.2 Å². The van der Waals surface area contributed by atoms with Crippen LogP contribution in [0, 0.1) is 0 Å². The number of aromatic nitrogens is 4. The predicted octanol–water partition coefficient (Wildman–Crippen LogP) is 4.24. The van der Waals surface area contributed by atoms with Crippen molar-refractivity contribution in [3.63, 3.8) is 0 Å². The Balaban J connectivity index is 1.53. The fourth-order valence-electron chi connectivity index (χ4n) is 4.15. The summed E-state index contributed by atoms with van der Waals surface area (Å²) in [6.07, 6.45) is -2.28. The smallest absolute Gasteiger partial charge is 0.416 e. The molecule has 3 amide bonds. The van der Waals surface area contributed by atoms with Crippen molar-refractivity contribution in [2.75, 3.05) is 29.9 Å². The first-order chi connectivity index (χ1) is 19.8. The molecule has 1 aliphatic heterocycles. The summed E-state index contributed by atoms with van der Waals surface area (Å²) in [4.78, 5) is 48.2. The molecule has 43 heavy (non-hydrogen) atoms. The van der Waals surface area contributed by atoms with Gasteiger partial charge >= 0.3 is 12.3 Å². The molecule has 3 N–H and O–H groups in total. The van der Waals surface area contributed by atoms with Gasteiger partial charge in [-0.1, -0.05) is 0 Å². The van der Waals surface area contributed by atoms with Crippen LogP contribution < -0.4 is 16.0 Å². The number of anilines is 2. The number of oxazole rings is 1. The van der Waals surface area contributed by atoms with Gasteiger partial charge in [0.1, 0.15) is 24.2 Å². The number of pyridine rings is 1. The van der Waals surface area contributed by atoms with E-state index in [2.05, 4.69) is 46.1 Å². The van der Waals surface area contributed by atoms with Crippen molar-refractivity contribution in [1.82, 2.24) is 24.6 Å². The first-order valence-corrected chi connectivity index (χ1v) is 13.3. The number of carbonyl (C=O) groups excluding carboxylic acids is 3. The van der Waals surface area contributed by atoms with E-state index < -0.39 is 36.2 Å². The van der Waals surface area contributed by atoms with Gasteiger partial charge in [-0.2, -0.15) is 18.3 Å². The number of hydrogen-bond acceptors (Lipinski definition) is 9. The molecule has 0 aromatic carbocycles. The molecule has 3 aromatic rings. The number of carbonyl (C=O) groups is 3. The number of ether oxygens (including phenoxy) is 1. The van der Waals surface area contributed by atoms with Gasteiger partial charge in [0.25, 0.3) is 11.8 Å². The van der Waals surface area contributed by atoms with Crippen molar-refractivity contribution >= 4 is 29.4 Å². The molecule has 4 rings (SSSR count). The van der Waals surface area contributed by atoms with E-state index in [9.17, 15) is 27.6 Å². The van der Waals surface area contributed by atoms with Crippen molar-refractivity contribution < 1.29 is 36.7 Å². The van der Waals surface area contributed by atoms with Crippen LogP contribution in [0.4, 0.5) is 29.5 Å². The lowest BCUT2D eigenvalue weighted by Gasteiger charge is -2.47. The maximum Gasteiger partial charge on any atom is 0.416 e. The second kappa shape index (κ2) is 11.3. The highest BCUT2D eigenvalue weighted by Gasteiger charge is 2.38. The van der Waals surface area contributed by atoms with E-state index in [1.807, 2.05) is 0 Å². The first-order valence-electron chi connectivity index (χ1n) is 13.3. The van der Waals surface area contributed by atoms with Gasteiger partial charge in [-0.3, -0.25) is 24.1 Å². The largest absolute Gasteiger partial charge is 0.444 e. The zero-order chi connectivity index (χ0) is 31.9. The third-order valence-electron chi connectivity index (χ3n) is 6.36. The van der Waals surface area contributed by atoms with Gasteiger partial charge in [-0.05, 0) is 53.7 Å². The maximum atomic E-state index is 13.3. The lowest BCUT2D eigenvalue weighted by atomic mass is 9.98. The van der Waals surface area contributed by atoms with Crippen molar-refractivity contribution in [3.05, 3.63) is 42.2 Å². The Morgan fingerprint density at radius 1 is 1.16 bits per heavy atom. The number of alkyl halides is 3. The third-order valence-corrected chi connectivity index (χ3v) is 6.36. The van der Waals surface area contributed by atoms with Crippen molar-refractivity contribution in [1.29, 1.82) is 0 Å². The second-order valence-corrected chi connectivity index (χ2v) is 12.0. The quantitative estimate of drug-likeness (QED) is 0.401. The van der Waals surface area contributed by atoms with E-state index >= 15 is 0 Å². The molecule has 0 atom stereocenters. The predicted molar refractivity (Wildman–Crippen MR) is 148 cm³/mol. The topological polar surface area (TPSA) is 162 Å². The standard InChI is InChI=1S/C27H33F3N8O5/c1-25(2,3)36-10-16(11-36)38-12-17(20(35-38)21(31)39)33-22(40)18-13-42-23(34-18)15-7-8-32-19(9-15)37(14-27(28,29)30)24(41)43-26(4,5)6/h7-9,12-13,16H,10-11,14H2,1-6H3,(H2,31,39)(H,33,40). The summed E-state index contributed by atoms with van der Waals surface area (Å²) in [5.41, 5.74) is 4.30. The second-order valence-electron chi connectivity index (χ2n) is 12.0. The first kappa shape index (κ1) is 31.5. The van der Waals surface area contributed by atoms with Crippen LogP contribution >= 0.6 is 0 Å². The van der Waals surface area contributed by atoms with Crippen molar-refractivity contribution in [3.8, 4) is 11.5 Å². The molecule has 0 radical (unpaired) electrons. The molecule has 0 spiro atoms. The average molecular weight is 607 g/mol. The van der Waals surface area contributed by atoms with Crippen LogP contribution in [0.2, 0.25) is 0 Å². The number of rotatable bonds is 7. The number of amides is 3. The van der Waals surface area contributed by atoms with Gasteiger partial charge in [-0.15, -0.1) is 0 Å². The molecule has 1 saturated heterocycles. The van der Waals surface area contributed by atoms with E-state index in [1.165, 1.54) is 33.0 Å². The monoisotopic (exact) mass is 606 g/mol. The van der Waals surface area contributed by atoms with Crippen molar-refractivity contribution in [2.24, 2.45) is 5.73 Å². The molecule has 16 heteroatoms. The van der Waals surface area contributed by atoms with Crippen LogP contribution in [-0.2, 0) is 4.74 Å². The van der Waals surface area contributed by atoms with Crippen molar-refractivity contribution in [2.45, 2.75) is 64.9 Å². The molecule has 0 unspecified atom stereocenters. The van der Waals surface area contributed by atoms with E-state index in [0.717, 1.165) is 18.5 Å². The summed E-state index contributed by atoms with van der Waals surface area (Å²) in [6.45, 7) is 10.6. The Hall–Kier alpha value is -4.47. The summed E-state index contributed by atoms with van der Waals surface area (Å²) in [7, 11) is 0. The Morgan fingerprint density at radius 2 is 1.84 bits per heavy atom. The Kier molecular flexibility index (Phi) is 8.28. The zero-order valence-electron chi connectivity index (χ0n) is 24.5. The van der Waals surface area contributed by atoms with Gasteiger partial charge in [0.2, 0.25) is 5.89 Å². The van der Waals surface area contributed by atoms with Crippen LogP contribution in [-0.4, -0.2) is 79.5 Å². The number of likely N-dealkylation sites (tertiary alicyclic amines) is 1. The fraction of sp³-hybridized carbons (Fsp3) is 0.481. The van der Waals surface area contributed by atoms with E-state index in [4.69, 9.17) is 14.9 Å². The molecule has 0 bridgehead atoms. The van der Waals surface area contributed by atoms with Crippen LogP contribution in [0.25, 0.3) is 11.5 Å². The van der Waals surface area contributed by atoms with Gasteiger partial charge in [0.15, 0.2) is 11.4 Å². The Morgan fingerprint density at radius 3 is 2.42 bits per heavy atom. The molecule has 0 aliphatic carbocycles. The fourth-order valence-corrected chi connectivity index (χ4v) is 4.15. The normalized spacial score (nSPS) is 14.7. The zero-order valence-corrected chi connectivity index (χ0v) is 24.5. The van der Waals surface area contributed by atoms with E-state index in [1.54, 1.807) is 4.68 Å². The summed E-state index contributed by atoms with van der Waals surface area (Å²) >= 11 is 0. The molecule has 3 aromatic heterocycles. The lowest BCUT2D eigenvalue weighted by Crippen LogP contribution is -2.56. The van der Waals surface area contributed by atoms with Crippen LogP contribution in [0.15, 0.2) is 35.2 Å². The minimum Gasteiger partial charge on any atom is -0.444 e. The average Bonchev–Trinajstić information content (AvgIpc) is 3.47. The number of nitrogens with two attached hydrogens (primary N) is 1. The third kappa shape index (κ3) is 7.68. The number of nitrogens with one attached hydrogen (secondary N) is 1. The summed E-state index contributed by atoms with van der Waals surface area (Å²) in [6, 6.07) is 2.52. The summed E-state index contributed by atoms with van der Waals surface area (Å²) in [5.74, 6) is -2.08. The molecule has 4 heterocycles. The maximum absolute atomic E-state index is 13.3. The van der Waals surface area contributed by atoms with Crippen LogP contribution in [0.5, 0.6) is 0 Å². The number of primary amides is 1. The number of halogens is 3. The molecular formula is C27H33F3N8O5. The Labute approximate surface area is 245 Å². The molecule has 0 saturated carbocycles.